The van der Waals surface area contributed by atoms with E-state index in [1.54, 1.807) is 11.8 Å². The first-order chi connectivity index (χ1) is 15.1. The normalized spacial score (nSPS) is 15.8. The molecule has 4 rings (SSSR count). The van der Waals surface area contributed by atoms with E-state index in [2.05, 4.69) is 17.4 Å². The predicted molar refractivity (Wildman–Crippen MR) is 125 cm³/mol. The van der Waals surface area contributed by atoms with Crippen LogP contribution in [0.3, 0.4) is 0 Å². The Bertz CT molecular complexity index is 1070. The highest BCUT2D eigenvalue weighted by Gasteiger charge is 2.31. The van der Waals surface area contributed by atoms with Gasteiger partial charge in [-0.3, -0.25) is 14.5 Å². The molecular formula is C25H25N3O2S. The lowest BCUT2D eigenvalue weighted by Crippen LogP contribution is -2.50. The molecule has 1 aliphatic rings. The summed E-state index contributed by atoms with van der Waals surface area (Å²) in [4.78, 5) is 27.8. The number of carbonyl (C=O) groups is 2. The maximum Gasteiger partial charge on any atom is 0.238 e. The molecule has 3 aromatic carbocycles. The number of nitrogens with two attached hydrogens (primary N) is 1. The number of para-hydroxylation sites is 1. The molecule has 0 radical (unpaired) electrons. The van der Waals surface area contributed by atoms with E-state index in [0.29, 0.717) is 13.0 Å². The molecule has 3 N–H and O–H groups in total. The zero-order valence-corrected chi connectivity index (χ0v) is 18.0. The number of thioether (sulfide) groups is 1. The van der Waals surface area contributed by atoms with Crippen molar-refractivity contribution in [3.8, 4) is 0 Å². The molecule has 0 saturated carbocycles. The molecule has 2 amide bonds. The van der Waals surface area contributed by atoms with Gasteiger partial charge in [0.15, 0.2) is 0 Å². The minimum absolute atomic E-state index is 0.111. The zero-order valence-electron chi connectivity index (χ0n) is 17.2. The fraction of sp³-hybridized carbons (Fsp3) is 0.200. The third-order valence-corrected chi connectivity index (χ3v) is 6.56. The first-order valence-corrected chi connectivity index (χ1v) is 11.2. The van der Waals surface area contributed by atoms with Crippen LogP contribution in [0.25, 0.3) is 0 Å². The maximum atomic E-state index is 12.9. The minimum Gasteiger partial charge on any atom is -0.368 e. The van der Waals surface area contributed by atoms with Crippen molar-refractivity contribution in [1.29, 1.82) is 0 Å². The number of benzene rings is 3. The lowest BCUT2D eigenvalue weighted by molar-refractivity contribution is -0.125. The SMILES string of the molecule is NC(=O)[C@@H]1Cc2ccccc2CN1CC(=O)Nc1ccccc1SCc1ccccc1. The fourth-order valence-electron chi connectivity index (χ4n) is 3.83. The predicted octanol–water partition coefficient (Wildman–Crippen LogP) is 3.83. The number of hydrogen-bond acceptors (Lipinski definition) is 4. The Hall–Kier alpha value is -3.09. The highest BCUT2D eigenvalue weighted by molar-refractivity contribution is 7.98. The summed E-state index contributed by atoms with van der Waals surface area (Å²) >= 11 is 1.68. The van der Waals surface area contributed by atoms with Gasteiger partial charge in [-0.1, -0.05) is 66.7 Å². The zero-order chi connectivity index (χ0) is 21.6. The summed E-state index contributed by atoms with van der Waals surface area (Å²) in [5, 5.41) is 3.02. The van der Waals surface area contributed by atoms with E-state index in [4.69, 9.17) is 5.73 Å². The molecule has 0 bridgehead atoms. The van der Waals surface area contributed by atoms with Gasteiger partial charge in [-0.15, -0.1) is 11.8 Å². The van der Waals surface area contributed by atoms with Gasteiger partial charge < -0.3 is 11.1 Å². The molecule has 1 heterocycles. The third-order valence-electron chi connectivity index (χ3n) is 5.42. The molecule has 6 heteroatoms. The van der Waals surface area contributed by atoms with Crippen LogP contribution in [0.1, 0.15) is 16.7 Å². The number of rotatable bonds is 7. The van der Waals surface area contributed by atoms with Crippen molar-refractivity contribution < 1.29 is 9.59 Å². The van der Waals surface area contributed by atoms with Gasteiger partial charge in [0, 0.05) is 17.2 Å². The van der Waals surface area contributed by atoms with E-state index in [1.807, 2.05) is 71.6 Å². The summed E-state index contributed by atoms with van der Waals surface area (Å²) in [6.07, 6.45) is 0.530. The van der Waals surface area contributed by atoms with Crippen molar-refractivity contribution >= 4 is 29.3 Å². The second kappa shape index (κ2) is 9.81. The summed E-state index contributed by atoms with van der Waals surface area (Å²) in [6.45, 7) is 0.640. The number of carbonyl (C=O) groups excluding carboxylic acids is 2. The van der Waals surface area contributed by atoms with Gasteiger partial charge in [0.2, 0.25) is 11.8 Å². The van der Waals surface area contributed by atoms with Gasteiger partial charge >= 0.3 is 0 Å². The van der Waals surface area contributed by atoms with E-state index in [1.165, 1.54) is 5.56 Å². The maximum absolute atomic E-state index is 12.9. The molecule has 0 fully saturated rings. The number of primary amides is 1. The van der Waals surface area contributed by atoms with E-state index < -0.39 is 11.9 Å². The van der Waals surface area contributed by atoms with Crippen LogP contribution in [0.4, 0.5) is 5.69 Å². The lowest BCUT2D eigenvalue weighted by Gasteiger charge is -2.34. The van der Waals surface area contributed by atoms with Crippen LogP contribution in [0.15, 0.2) is 83.8 Å². The Kier molecular flexibility index (Phi) is 6.70. The molecule has 3 aromatic rings. The van der Waals surface area contributed by atoms with Gasteiger partial charge in [-0.2, -0.15) is 0 Å². The second-order valence-corrected chi connectivity index (χ2v) is 8.63. The van der Waals surface area contributed by atoms with Crippen molar-refractivity contribution in [2.24, 2.45) is 5.73 Å². The van der Waals surface area contributed by atoms with E-state index in [9.17, 15) is 9.59 Å². The monoisotopic (exact) mass is 431 g/mol. The number of fused-ring (bicyclic) bond motifs is 1. The summed E-state index contributed by atoms with van der Waals surface area (Å²) < 4.78 is 0. The summed E-state index contributed by atoms with van der Waals surface area (Å²) in [7, 11) is 0. The van der Waals surface area contributed by atoms with E-state index in [-0.39, 0.29) is 12.5 Å². The molecule has 0 aromatic heterocycles. The smallest absolute Gasteiger partial charge is 0.238 e. The van der Waals surface area contributed by atoms with Gasteiger partial charge in [-0.05, 0) is 35.2 Å². The topological polar surface area (TPSA) is 75.4 Å². The van der Waals surface area contributed by atoms with E-state index >= 15 is 0 Å². The Balaban J connectivity index is 1.43. The molecule has 0 saturated heterocycles. The lowest BCUT2D eigenvalue weighted by atomic mass is 9.93. The third kappa shape index (κ3) is 5.34. The van der Waals surface area contributed by atoms with Gasteiger partial charge in [-0.25, -0.2) is 0 Å². The first kappa shape index (κ1) is 21.2. The number of hydrogen-bond donors (Lipinski definition) is 2. The van der Waals surface area contributed by atoms with Crippen LogP contribution < -0.4 is 11.1 Å². The van der Waals surface area contributed by atoms with Crippen molar-refractivity contribution in [3.63, 3.8) is 0 Å². The quantitative estimate of drug-likeness (QED) is 0.558. The fourth-order valence-corrected chi connectivity index (χ4v) is 4.79. The van der Waals surface area contributed by atoms with Crippen LogP contribution >= 0.6 is 11.8 Å². The van der Waals surface area contributed by atoms with Gasteiger partial charge in [0.1, 0.15) is 0 Å². The largest absolute Gasteiger partial charge is 0.368 e. The Morgan fingerprint density at radius 2 is 1.61 bits per heavy atom. The summed E-state index contributed by atoms with van der Waals surface area (Å²) in [6, 6.07) is 25.5. The van der Waals surface area contributed by atoms with Gasteiger partial charge in [0.25, 0.3) is 0 Å². The Labute approximate surface area is 186 Å². The van der Waals surface area contributed by atoms with Crippen molar-refractivity contribution in [2.45, 2.75) is 29.7 Å². The number of nitrogens with one attached hydrogen (secondary N) is 1. The van der Waals surface area contributed by atoms with Gasteiger partial charge in [0.05, 0.1) is 18.3 Å². The van der Waals surface area contributed by atoms with E-state index in [0.717, 1.165) is 27.5 Å². The molecular weight excluding hydrogens is 406 g/mol. The molecule has 0 unspecified atom stereocenters. The summed E-state index contributed by atoms with van der Waals surface area (Å²) in [5.41, 5.74) is 9.90. The van der Waals surface area contributed by atoms with Crippen LogP contribution in [0.5, 0.6) is 0 Å². The van der Waals surface area contributed by atoms with Crippen LogP contribution in [-0.4, -0.2) is 29.3 Å². The van der Waals surface area contributed by atoms with Crippen molar-refractivity contribution in [2.75, 3.05) is 11.9 Å². The average molecular weight is 432 g/mol. The minimum atomic E-state index is -0.483. The average Bonchev–Trinajstić information content (AvgIpc) is 2.78. The number of nitrogens with zero attached hydrogens (tertiary/aromatic N) is 1. The van der Waals surface area contributed by atoms with Crippen molar-refractivity contribution in [1.82, 2.24) is 4.90 Å². The Morgan fingerprint density at radius 3 is 2.39 bits per heavy atom. The molecule has 158 valence electrons. The molecule has 31 heavy (non-hydrogen) atoms. The molecule has 5 nitrogen and oxygen atoms in total. The summed E-state index contributed by atoms with van der Waals surface area (Å²) in [5.74, 6) is 0.264. The molecule has 1 aliphatic heterocycles. The van der Waals surface area contributed by atoms with Crippen LogP contribution in [0, 0.1) is 0 Å². The first-order valence-electron chi connectivity index (χ1n) is 10.3. The Morgan fingerprint density at radius 1 is 0.935 bits per heavy atom. The van der Waals surface area contributed by atoms with Crippen molar-refractivity contribution in [3.05, 3.63) is 95.6 Å². The highest BCUT2D eigenvalue weighted by Crippen LogP contribution is 2.30. The number of amides is 2. The van der Waals surface area contributed by atoms with Crippen LogP contribution in [-0.2, 0) is 28.3 Å². The highest BCUT2D eigenvalue weighted by atomic mass is 32.2. The molecule has 1 atom stereocenters. The molecule has 0 spiro atoms. The standard InChI is InChI=1S/C25H25N3O2S/c26-25(30)22-14-19-10-4-5-11-20(19)15-28(22)16-24(29)27-21-12-6-7-13-23(21)31-17-18-8-2-1-3-9-18/h1-13,22H,14-17H2,(H2,26,30)(H,27,29)/t22-/m0/s1. The molecule has 0 aliphatic carbocycles. The van der Waals surface area contributed by atoms with Crippen LogP contribution in [0.2, 0.25) is 0 Å². The second-order valence-electron chi connectivity index (χ2n) is 7.61. The number of anilines is 1.